The van der Waals surface area contributed by atoms with Crippen LogP contribution in [0.25, 0.3) is 0 Å². The quantitative estimate of drug-likeness (QED) is 0.825. The molecule has 6 heteroatoms. The van der Waals surface area contributed by atoms with Crippen molar-refractivity contribution in [3.8, 4) is 0 Å². The van der Waals surface area contributed by atoms with E-state index in [1.807, 2.05) is 6.92 Å². The maximum absolute atomic E-state index is 12.6. The molecule has 0 radical (unpaired) electrons. The number of nitrogens with zero attached hydrogens (tertiary/aromatic N) is 2. The fourth-order valence-corrected chi connectivity index (χ4v) is 4.83. The molecule has 5 nitrogen and oxygen atoms in total. The Bertz CT molecular complexity index is 346. The summed E-state index contributed by atoms with van der Waals surface area (Å²) in [6, 6.07) is 0.135. The summed E-state index contributed by atoms with van der Waals surface area (Å²) < 4.78 is 28.7. The second kappa shape index (κ2) is 6.32. The molecule has 0 aromatic heterocycles. The van der Waals surface area contributed by atoms with Crippen molar-refractivity contribution in [2.24, 2.45) is 0 Å². The third kappa shape index (κ3) is 3.04. The van der Waals surface area contributed by atoms with E-state index in [-0.39, 0.29) is 6.04 Å². The van der Waals surface area contributed by atoms with Crippen LogP contribution in [0.3, 0.4) is 0 Å². The van der Waals surface area contributed by atoms with Gasteiger partial charge >= 0.3 is 0 Å². The van der Waals surface area contributed by atoms with Crippen LogP contribution >= 0.6 is 0 Å². The Morgan fingerprint density at radius 3 is 2.50 bits per heavy atom. The first-order valence-electron chi connectivity index (χ1n) is 7.14. The highest BCUT2D eigenvalue weighted by molar-refractivity contribution is 7.86. The van der Waals surface area contributed by atoms with Gasteiger partial charge in [0.25, 0.3) is 10.2 Å². The SMILES string of the molecule is CCN(C1CCCNC1)S(=O)(=O)N1CCCCC1. The van der Waals surface area contributed by atoms with Gasteiger partial charge in [-0.05, 0) is 32.2 Å². The smallest absolute Gasteiger partial charge is 0.282 e. The van der Waals surface area contributed by atoms with Gasteiger partial charge in [0.2, 0.25) is 0 Å². The molecule has 1 unspecified atom stereocenters. The molecule has 2 heterocycles. The topological polar surface area (TPSA) is 52.7 Å². The van der Waals surface area contributed by atoms with E-state index in [4.69, 9.17) is 0 Å². The standard InChI is InChI=1S/C12H25N3O2S/c1-2-15(12-7-6-8-13-11-12)18(16,17)14-9-4-3-5-10-14/h12-13H,2-11H2,1H3. The van der Waals surface area contributed by atoms with Gasteiger partial charge in [0.1, 0.15) is 0 Å². The van der Waals surface area contributed by atoms with Crippen LogP contribution < -0.4 is 5.32 Å². The van der Waals surface area contributed by atoms with E-state index in [0.717, 1.165) is 45.2 Å². The van der Waals surface area contributed by atoms with E-state index in [1.54, 1.807) is 8.61 Å². The highest BCUT2D eigenvalue weighted by atomic mass is 32.2. The van der Waals surface area contributed by atoms with Gasteiger partial charge in [0, 0.05) is 32.2 Å². The molecule has 2 saturated heterocycles. The number of hydrogen-bond donors (Lipinski definition) is 1. The maximum atomic E-state index is 12.6. The predicted molar refractivity (Wildman–Crippen MR) is 72.6 cm³/mol. The lowest BCUT2D eigenvalue weighted by Crippen LogP contribution is -2.54. The van der Waals surface area contributed by atoms with E-state index in [0.29, 0.717) is 19.6 Å². The van der Waals surface area contributed by atoms with Crippen LogP contribution in [-0.4, -0.2) is 55.8 Å². The highest BCUT2D eigenvalue weighted by Crippen LogP contribution is 2.21. The van der Waals surface area contributed by atoms with Gasteiger partial charge in [-0.1, -0.05) is 13.3 Å². The average molecular weight is 275 g/mol. The lowest BCUT2D eigenvalue weighted by molar-refractivity contribution is 0.242. The summed E-state index contributed by atoms with van der Waals surface area (Å²) in [7, 11) is -3.25. The molecule has 0 aromatic rings. The fraction of sp³-hybridized carbons (Fsp3) is 1.00. The third-order valence-corrected chi connectivity index (χ3v) is 6.09. The molecule has 2 rings (SSSR count). The van der Waals surface area contributed by atoms with Crippen molar-refractivity contribution in [3.05, 3.63) is 0 Å². The number of hydrogen-bond acceptors (Lipinski definition) is 3. The first kappa shape index (κ1) is 14.2. The number of piperidine rings is 2. The summed E-state index contributed by atoms with van der Waals surface area (Å²) in [6.45, 7) is 5.71. The van der Waals surface area contributed by atoms with E-state index >= 15 is 0 Å². The van der Waals surface area contributed by atoms with Crippen LogP contribution in [0.1, 0.15) is 39.0 Å². The molecular weight excluding hydrogens is 250 g/mol. The van der Waals surface area contributed by atoms with Crippen molar-refractivity contribution in [2.45, 2.75) is 45.1 Å². The Labute approximate surface area is 111 Å². The molecule has 0 aliphatic carbocycles. The van der Waals surface area contributed by atoms with Crippen LogP contribution in [0.15, 0.2) is 0 Å². The van der Waals surface area contributed by atoms with Crippen LogP contribution in [0.4, 0.5) is 0 Å². The van der Waals surface area contributed by atoms with Crippen molar-refractivity contribution >= 4 is 10.2 Å². The second-order valence-electron chi connectivity index (χ2n) is 5.17. The normalized spacial score (nSPS) is 27.6. The lowest BCUT2D eigenvalue weighted by atomic mass is 10.1. The van der Waals surface area contributed by atoms with E-state index in [2.05, 4.69) is 5.32 Å². The summed E-state index contributed by atoms with van der Waals surface area (Å²) in [5, 5.41) is 3.30. The third-order valence-electron chi connectivity index (χ3n) is 3.93. The molecule has 106 valence electrons. The van der Waals surface area contributed by atoms with Gasteiger partial charge in [-0.25, -0.2) is 0 Å². The zero-order valence-corrected chi connectivity index (χ0v) is 12.1. The van der Waals surface area contributed by atoms with Gasteiger partial charge in [-0.3, -0.25) is 0 Å². The van der Waals surface area contributed by atoms with Crippen molar-refractivity contribution in [3.63, 3.8) is 0 Å². The fourth-order valence-electron chi connectivity index (χ4n) is 2.93. The zero-order valence-electron chi connectivity index (χ0n) is 11.3. The second-order valence-corrected chi connectivity index (χ2v) is 7.05. The summed E-state index contributed by atoms with van der Waals surface area (Å²) >= 11 is 0. The van der Waals surface area contributed by atoms with Gasteiger partial charge in [0.15, 0.2) is 0 Å². The Kier molecular flexibility index (Phi) is 5.00. The van der Waals surface area contributed by atoms with Gasteiger partial charge in [-0.2, -0.15) is 17.0 Å². The Hall–Kier alpha value is -0.170. The lowest BCUT2D eigenvalue weighted by Gasteiger charge is -2.37. The van der Waals surface area contributed by atoms with Crippen molar-refractivity contribution in [2.75, 3.05) is 32.7 Å². The molecule has 0 spiro atoms. The van der Waals surface area contributed by atoms with Gasteiger partial charge in [0.05, 0.1) is 0 Å². The largest absolute Gasteiger partial charge is 0.315 e. The van der Waals surface area contributed by atoms with Crippen molar-refractivity contribution < 1.29 is 8.42 Å². The predicted octanol–water partition coefficient (Wildman–Crippen LogP) is 0.791. The first-order valence-corrected chi connectivity index (χ1v) is 8.53. The molecule has 0 aromatic carbocycles. The molecule has 2 fully saturated rings. The van der Waals surface area contributed by atoms with Crippen LogP contribution in [0.5, 0.6) is 0 Å². The van der Waals surface area contributed by atoms with E-state index < -0.39 is 10.2 Å². The molecule has 1 N–H and O–H groups in total. The monoisotopic (exact) mass is 275 g/mol. The molecule has 2 aliphatic rings. The van der Waals surface area contributed by atoms with Gasteiger partial charge in [-0.15, -0.1) is 0 Å². The summed E-state index contributed by atoms with van der Waals surface area (Å²) in [6.07, 6.45) is 5.20. The first-order chi connectivity index (χ1) is 8.66. The molecular formula is C12H25N3O2S. The molecule has 1 atom stereocenters. The Morgan fingerprint density at radius 2 is 1.94 bits per heavy atom. The zero-order chi connectivity index (χ0) is 13.0. The Balaban J connectivity index is 2.08. The summed E-state index contributed by atoms with van der Waals surface area (Å²) in [5.41, 5.74) is 0. The number of likely N-dealkylation sites (N-methyl/N-ethyl adjacent to an activating group) is 1. The number of rotatable bonds is 4. The minimum absolute atomic E-state index is 0.135. The molecule has 0 amide bonds. The van der Waals surface area contributed by atoms with Crippen LogP contribution in [-0.2, 0) is 10.2 Å². The molecule has 0 saturated carbocycles. The molecule has 0 bridgehead atoms. The summed E-state index contributed by atoms with van der Waals surface area (Å²) in [5.74, 6) is 0. The maximum Gasteiger partial charge on any atom is 0.282 e. The van der Waals surface area contributed by atoms with Crippen LogP contribution in [0.2, 0.25) is 0 Å². The Morgan fingerprint density at radius 1 is 1.22 bits per heavy atom. The summed E-state index contributed by atoms with van der Waals surface area (Å²) in [4.78, 5) is 0. The van der Waals surface area contributed by atoms with E-state index in [9.17, 15) is 8.42 Å². The van der Waals surface area contributed by atoms with Crippen molar-refractivity contribution in [1.29, 1.82) is 0 Å². The van der Waals surface area contributed by atoms with Gasteiger partial charge < -0.3 is 5.32 Å². The number of nitrogens with one attached hydrogen (secondary N) is 1. The van der Waals surface area contributed by atoms with Crippen molar-refractivity contribution in [1.82, 2.24) is 13.9 Å². The molecule has 2 aliphatic heterocycles. The average Bonchev–Trinajstić information content (AvgIpc) is 2.41. The minimum Gasteiger partial charge on any atom is -0.315 e. The van der Waals surface area contributed by atoms with Crippen LogP contribution in [0, 0.1) is 0 Å². The minimum atomic E-state index is -3.25. The van der Waals surface area contributed by atoms with E-state index in [1.165, 1.54) is 0 Å². The highest BCUT2D eigenvalue weighted by Gasteiger charge is 2.34. The molecule has 18 heavy (non-hydrogen) atoms.